The van der Waals surface area contributed by atoms with Crippen LogP contribution in [0.25, 0.3) is 11.0 Å². The Morgan fingerprint density at radius 2 is 2.08 bits per heavy atom. The highest BCUT2D eigenvalue weighted by atomic mass is 16.1. The highest BCUT2D eigenvalue weighted by Crippen LogP contribution is 2.60. The number of aromatic nitrogens is 3. The fourth-order valence-corrected chi connectivity index (χ4v) is 3.95. The molecule has 6 nitrogen and oxygen atoms in total. The molecule has 0 radical (unpaired) electrons. The van der Waals surface area contributed by atoms with Gasteiger partial charge in [-0.2, -0.15) is 0 Å². The van der Waals surface area contributed by atoms with Gasteiger partial charge >= 0.3 is 0 Å². The van der Waals surface area contributed by atoms with E-state index in [2.05, 4.69) is 15.4 Å². The second kappa shape index (κ2) is 5.19. The van der Waals surface area contributed by atoms with E-state index in [1.807, 2.05) is 13.8 Å². The van der Waals surface area contributed by atoms with E-state index < -0.39 is 0 Å². The maximum Gasteiger partial charge on any atom is 0.276 e. The lowest BCUT2D eigenvalue weighted by Gasteiger charge is -2.16. The quantitative estimate of drug-likeness (QED) is 0.877. The van der Waals surface area contributed by atoms with Crippen LogP contribution in [-0.4, -0.2) is 27.2 Å². The van der Waals surface area contributed by atoms with Gasteiger partial charge in [0.15, 0.2) is 5.65 Å². The Labute approximate surface area is 140 Å². The zero-order chi connectivity index (χ0) is 17.1. The number of fused-ring (bicyclic) bond motifs is 1. The Kier molecular flexibility index (Phi) is 3.34. The zero-order valence-electron chi connectivity index (χ0n) is 14.5. The van der Waals surface area contributed by atoms with Crippen LogP contribution >= 0.6 is 0 Å². The Morgan fingerprint density at radius 1 is 1.38 bits per heavy atom. The van der Waals surface area contributed by atoms with Gasteiger partial charge in [0.25, 0.3) is 5.56 Å². The third kappa shape index (κ3) is 2.44. The minimum Gasteiger partial charge on any atom is -0.355 e. The lowest BCUT2D eigenvalue weighted by molar-refractivity contribution is -0.120. The summed E-state index contributed by atoms with van der Waals surface area (Å²) in [5.74, 6) is 0.865. The molecular weight excluding hydrogens is 304 g/mol. The van der Waals surface area contributed by atoms with Gasteiger partial charge < -0.3 is 5.32 Å². The van der Waals surface area contributed by atoms with Crippen molar-refractivity contribution in [2.24, 2.45) is 18.4 Å². The molecule has 128 valence electrons. The fourth-order valence-electron chi connectivity index (χ4n) is 3.95. The maximum atomic E-state index is 12.4. The summed E-state index contributed by atoms with van der Waals surface area (Å²) in [5.41, 5.74) is 3.43. The monoisotopic (exact) mass is 328 g/mol. The Bertz CT molecular complexity index is 885. The molecule has 0 saturated heterocycles. The van der Waals surface area contributed by atoms with Crippen LogP contribution < -0.4 is 10.9 Å². The first kappa shape index (κ1) is 15.4. The Morgan fingerprint density at radius 3 is 2.71 bits per heavy atom. The van der Waals surface area contributed by atoms with Crippen molar-refractivity contribution in [1.29, 1.82) is 0 Å². The van der Waals surface area contributed by atoms with Crippen LogP contribution in [0.4, 0.5) is 0 Å². The minimum atomic E-state index is -0.0951. The summed E-state index contributed by atoms with van der Waals surface area (Å²) in [7, 11) is 1.68. The number of aromatic amines is 1. The van der Waals surface area contributed by atoms with Crippen LogP contribution in [0.1, 0.15) is 42.5 Å². The highest BCUT2D eigenvalue weighted by molar-refractivity contribution is 5.84. The van der Waals surface area contributed by atoms with Crippen molar-refractivity contribution < 1.29 is 4.79 Å². The second-order valence-electron chi connectivity index (χ2n) is 7.59. The smallest absolute Gasteiger partial charge is 0.276 e. The van der Waals surface area contributed by atoms with Crippen LogP contribution in [-0.2, 0) is 18.3 Å². The molecule has 2 aromatic heterocycles. The van der Waals surface area contributed by atoms with Gasteiger partial charge in [-0.3, -0.25) is 19.4 Å². The number of aryl methyl sites for hydroxylation is 3. The first-order chi connectivity index (χ1) is 11.4. The molecule has 1 amide bonds. The van der Waals surface area contributed by atoms with Gasteiger partial charge in [-0.15, -0.1) is 0 Å². The van der Waals surface area contributed by atoms with Crippen LogP contribution in [0.2, 0.25) is 0 Å². The number of carbonyl (C=O) groups excluding carboxylic acids is 1. The third-order valence-electron chi connectivity index (χ3n) is 5.88. The lowest BCUT2D eigenvalue weighted by Crippen LogP contribution is -2.32. The van der Waals surface area contributed by atoms with Crippen LogP contribution in [0.3, 0.4) is 0 Å². The van der Waals surface area contributed by atoms with Gasteiger partial charge in [0.05, 0.1) is 11.8 Å². The summed E-state index contributed by atoms with van der Waals surface area (Å²) in [6, 6.07) is 0. The van der Waals surface area contributed by atoms with E-state index in [0.29, 0.717) is 16.4 Å². The standard InChI is InChI=1S/C18H24N4O2/c1-10-13(11(2)20-16-15(10)17(24)22(3)21-16)8-14(23)19-9-18(6-7-18)12-4-5-12/h12H,4-9H2,1-3H3,(H,19,23)(H,20,21). The molecule has 24 heavy (non-hydrogen) atoms. The van der Waals surface area contributed by atoms with Gasteiger partial charge in [-0.1, -0.05) is 0 Å². The van der Waals surface area contributed by atoms with E-state index in [1.165, 1.54) is 30.4 Å². The van der Waals surface area contributed by atoms with Crippen LogP contribution in [0, 0.1) is 25.2 Å². The van der Waals surface area contributed by atoms with Gasteiger partial charge in [-0.05, 0) is 62.0 Å². The summed E-state index contributed by atoms with van der Waals surface area (Å²) in [6.07, 6.45) is 5.44. The van der Waals surface area contributed by atoms with Gasteiger partial charge in [0.1, 0.15) is 0 Å². The molecule has 4 rings (SSSR count). The van der Waals surface area contributed by atoms with E-state index in [-0.39, 0.29) is 17.9 Å². The van der Waals surface area contributed by atoms with E-state index in [4.69, 9.17) is 0 Å². The number of hydrogen-bond acceptors (Lipinski definition) is 3. The van der Waals surface area contributed by atoms with E-state index in [9.17, 15) is 9.59 Å². The summed E-state index contributed by atoms with van der Waals surface area (Å²) in [6.45, 7) is 4.60. The average Bonchev–Trinajstić information content (AvgIpc) is 3.42. The normalized spacial score (nSPS) is 18.8. The molecule has 0 spiro atoms. The molecule has 2 aliphatic carbocycles. The van der Waals surface area contributed by atoms with E-state index in [0.717, 1.165) is 29.3 Å². The number of H-pyrrole nitrogens is 1. The average molecular weight is 328 g/mol. The predicted octanol–water partition coefficient (Wildman–Crippen LogP) is 1.73. The molecule has 0 aromatic carbocycles. The number of amides is 1. The molecule has 2 N–H and O–H groups in total. The van der Waals surface area contributed by atoms with Crippen molar-refractivity contribution in [2.45, 2.75) is 46.0 Å². The van der Waals surface area contributed by atoms with Crippen molar-refractivity contribution in [2.75, 3.05) is 6.54 Å². The fraction of sp³-hybridized carbons (Fsp3) is 0.611. The number of carbonyl (C=O) groups is 1. The molecule has 0 aliphatic heterocycles. The third-order valence-corrected chi connectivity index (χ3v) is 5.88. The van der Waals surface area contributed by atoms with Crippen molar-refractivity contribution in [3.8, 4) is 0 Å². The van der Waals surface area contributed by atoms with Crippen LogP contribution in [0.15, 0.2) is 4.79 Å². The molecule has 0 bridgehead atoms. The summed E-state index contributed by atoms with van der Waals surface area (Å²) >= 11 is 0. The largest absolute Gasteiger partial charge is 0.355 e. The number of rotatable bonds is 5. The predicted molar refractivity (Wildman–Crippen MR) is 91.9 cm³/mol. The first-order valence-corrected chi connectivity index (χ1v) is 8.73. The highest BCUT2D eigenvalue weighted by Gasteiger charge is 2.53. The number of hydrogen-bond donors (Lipinski definition) is 2. The zero-order valence-corrected chi connectivity index (χ0v) is 14.5. The number of pyridine rings is 1. The topological polar surface area (TPSA) is 79.8 Å². The molecule has 2 fully saturated rings. The van der Waals surface area contributed by atoms with Gasteiger partial charge in [0, 0.05) is 19.3 Å². The van der Waals surface area contributed by atoms with Crippen molar-refractivity contribution in [1.82, 2.24) is 20.1 Å². The Hall–Kier alpha value is -2.11. The Balaban J connectivity index is 1.54. The molecule has 2 aliphatic rings. The van der Waals surface area contributed by atoms with E-state index in [1.54, 1.807) is 7.05 Å². The second-order valence-corrected chi connectivity index (χ2v) is 7.59. The number of nitrogens with zero attached hydrogens (tertiary/aromatic N) is 2. The van der Waals surface area contributed by atoms with Gasteiger partial charge in [-0.25, -0.2) is 4.98 Å². The van der Waals surface area contributed by atoms with E-state index >= 15 is 0 Å². The molecule has 6 heteroatoms. The first-order valence-electron chi connectivity index (χ1n) is 8.73. The molecule has 0 atom stereocenters. The SMILES string of the molecule is Cc1nc2[nH]n(C)c(=O)c2c(C)c1CC(=O)NCC1(C2CC2)CC1. The summed E-state index contributed by atoms with van der Waals surface area (Å²) < 4.78 is 1.43. The van der Waals surface area contributed by atoms with Gasteiger partial charge in [0.2, 0.25) is 5.91 Å². The summed E-state index contributed by atoms with van der Waals surface area (Å²) in [4.78, 5) is 29.1. The molecule has 2 aromatic rings. The lowest BCUT2D eigenvalue weighted by atomic mass is 9.99. The van der Waals surface area contributed by atoms with Crippen LogP contribution in [0.5, 0.6) is 0 Å². The number of nitrogens with one attached hydrogen (secondary N) is 2. The minimum absolute atomic E-state index is 0.0293. The molecular formula is C18H24N4O2. The molecule has 2 saturated carbocycles. The molecule has 0 unspecified atom stereocenters. The summed E-state index contributed by atoms with van der Waals surface area (Å²) in [5, 5.41) is 6.66. The van der Waals surface area contributed by atoms with Crippen molar-refractivity contribution in [3.05, 3.63) is 27.2 Å². The van der Waals surface area contributed by atoms with Crippen molar-refractivity contribution in [3.63, 3.8) is 0 Å². The van der Waals surface area contributed by atoms with Crippen molar-refractivity contribution >= 4 is 16.9 Å². The maximum absolute atomic E-state index is 12.4. The molecule has 2 heterocycles.